The van der Waals surface area contributed by atoms with Gasteiger partial charge in [0.2, 0.25) is 5.91 Å². The van der Waals surface area contributed by atoms with E-state index < -0.39 is 0 Å². The average molecular weight is 369 g/mol. The van der Waals surface area contributed by atoms with E-state index in [1.54, 1.807) is 9.42 Å². The minimum absolute atomic E-state index is 0. The molecule has 2 aromatic heterocycles. The standard InChI is InChI=1S/C17H28N6O.ClH/c1-11(2)15(18)8-9-22(5)16(24)7-6-14-12(3)21-17-19-10-20-23(17)13(14)4;/h10-11,15H,6-9,18H2,1-5H3;1H. The maximum Gasteiger partial charge on any atom is 0.252 e. The van der Waals surface area contributed by atoms with Crippen molar-refractivity contribution in [1.29, 1.82) is 0 Å². The Balaban J connectivity index is 0.00000312. The molecule has 0 aliphatic heterocycles. The first-order chi connectivity index (χ1) is 11.3. The number of rotatable bonds is 7. The van der Waals surface area contributed by atoms with Crippen LogP contribution in [-0.4, -0.2) is 50.0 Å². The molecule has 0 radical (unpaired) electrons. The molecule has 0 saturated carbocycles. The molecule has 2 N–H and O–H groups in total. The van der Waals surface area contributed by atoms with Crippen LogP contribution >= 0.6 is 12.4 Å². The largest absolute Gasteiger partial charge is 0.346 e. The van der Waals surface area contributed by atoms with E-state index in [4.69, 9.17) is 5.73 Å². The SMILES string of the molecule is Cc1nc2ncnn2c(C)c1CCC(=O)N(C)CCC(N)C(C)C.Cl. The minimum Gasteiger partial charge on any atom is -0.346 e. The molecule has 7 nitrogen and oxygen atoms in total. The number of halogens is 1. The Morgan fingerprint density at radius 2 is 2.04 bits per heavy atom. The molecule has 0 fully saturated rings. The van der Waals surface area contributed by atoms with Gasteiger partial charge in [0.15, 0.2) is 0 Å². The Morgan fingerprint density at radius 3 is 2.68 bits per heavy atom. The maximum atomic E-state index is 12.4. The molecule has 1 amide bonds. The van der Waals surface area contributed by atoms with Gasteiger partial charge in [-0.15, -0.1) is 12.4 Å². The fourth-order valence-electron chi connectivity index (χ4n) is 2.74. The lowest BCUT2D eigenvalue weighted by Crippen LogP contribution is -2.34. The summed E-state index contributed by atoms with van der Waals surface area (Å²) in [6, 6.07) is 0.128. The van der Waals surface area contributed by atoms with Crippen molar-refractivity contribution in [1.82, 2.24) is 24.5 Å². The number of hydrogen-bond acceptors (Lipinski definition) is 5. The van der Waals surface area contributed by atoms with Gasteiger partial charge < -0.3 is 10.6 Å². The Hall–Kier alpha value is -1.73. The number of fused-ring (bicyclic) bond motifs is 1. The molecule has 0 bridgehead atoms. The number of carbonyl (C=O) groups excluding carboxylic acids is 1. The van der Waals surface area contributed by atoms with Crippen molar-refractivity contribution in [3.8, 4) is 0 Å². The summed E-state index contributed by atoms with van der Waals surface area (Å²) in [5.74, 6) is 1.16. The number of amides is 1. The van der Waals surface area contributed by atoms with Crippen molar-refractivity contribution in [2.45, 2.75) is 53.0 Å². The second-order valence-electron chi connectivity index (χ2n) is 6.74. The highest BCUT2D eigenvalue weighted by atomic mass is 35.5. The van der Waals surface area contributed by atoms with E-state index in [-0.39, 0.29) is 24.4 Å². The number of hydrogen-bond donors (Lipinski definition) is 1. The predicted molar refractivity (Wildman–Crippen MR) is 101 cm³/mol. The van der Waals surface area contributed by atoms with Crippen molar-refractivity contribution in [3.05, 3.63) is 23.3 Å². The molecule has 25 heavy (non-hydrogen) atoms. The topological polar surface area (TPSA) is 89.4 Å². The van der Waals surface area contributed by atoms with Crippen LogP contribution in [0.5, 0.6) is 0 Å². The van der Waals surface area contributed by atoms with Crippen molar-refractivity contribution in [3.63, 3.8) is 0 Å². The van der Waals surface area contributed by atoms with Gasteiger partial charge in [0.05, 0.1) is 0 Å². The van der Waals surface area contributed by atoms with Crippen LogP contribution in [0, 0.1) is 19.8 Å². The lowest BCUT2D eigenvalue weighted by Gasteiger charge is -2.22. The summed E-state index contributed by atoms with van der Waals surface area (Å²) in [4.78, 5) is 22.7. The lowest BCUT2D eigenvalue weighted by atomic mass is 10.0. The molecule has 2 rings (SSSR count). The molecule has 0 aliphatic carbocycles. The van der Waals surface area contributed by atoms with Crippen LogP contribution in [0.2, 0.25) is 0 Å². The first-order valence-corrected chi connectivity index (χ1v) is 8.46. The third kappa shape index (κ3) is 5.12. The van der Waals surface area contributed by atoms with Crippen LogP contribution in [-0.2, 0) is 11.2 Å². The van der Waals surface area contributed by atoms with Gasteiger partial charge in [-0.2, -0.15) is 10.1 Å². The van der Waals surface area contributed by atoms with Gasteiger partial charge in [0.25, 0.3) is 5.78 Å². The van der Waals surface area contributed by atoms with E-state index in [9.17, 15) is 4.79 Å². The average Bonchev–Trinajstić information content (AvgIpc) is 2.99. The molecule has 0 saturated heterocycles. The highest BCUT2D eigenvalue weighted by Crippen LogP contribution is 2.15. The van der Waals surface area contributed by atoms with Gasteiger partial charge in [0.1, 0.15) is 6.33 Å². The number of carbonyl (C=O) groups is 1. The molecule has 140 valence electrons. The van der Waals surface area contributed by atoms with Gasteiger partial charge in [-0.25, -0.2) is 9.50 Å². The predicted octanol–water partition coefficient (Wildman–Crippen LogP) is 1.93. The minimum atomic E-state index is 0. The van der Waals surface area contributed by atoms with Gasteiger partial charge in [0, 0.05) is 37.4 Å². The third-order valence-corrected chi connectivity index (χ3v) is 4.66. The van der Waals surface area contributed by atoms with Gasteiger partial charge >= 0.3 is 0 Å². The fourth-order valence-corrected chi connectivity index (χ4v) is 2.74. The molecule has 8 heteroatoms. The van der Waals surface area contributed by atoms with Crippen LogP contribution in [0.1, 0.15) is 43.6 Å². The van der Waals surface area contributed by atoms with E-state index in [1.807, 2.05) is 20.9 Å². The highest BCUT2D eigenvalue weighted by molar-refractivity contribution is 5.85. The Bertz CT molecular complexity index is 714. The maximum absolute atomic E-state index is 12.4. The second kappa shape index (κ2) is 9.10. The summed E-state index contributed by atoms with van der Waals surface area (Å²) in [5, 5.41) is 4.18. The normalized spacial score (nSPS) is 12.3. The van der Waals surface area contributed by atoms with E-state index in [2.05, 4.69) is 28.9 Å². The third-order valence-electron chi connectivity index (χ3n) is 4.66. The van der Waals surface area contributed by atoms with Crippen LogP contribution in [0.4, 0.5) is 0 Å². The number of nitrogens with two attached hydrogens (primary N) is 1. The first-order valence-electron chi connectivity index (χ1n) is 8.46. The molecule has 1 unspecified atom stereocenters. The van der Waals surface area contributed by atoms with Gasteiger partial charge in [-0.1, -0.05) is 13.8 Å². The molecule has 1 atom stereocenters. The highest BCUT2D eigenvalue weighted by Gasteiger charge is 2.16. The summed E-state index contributed by atoms with van der Waals surface area (Å²) in [6.07, 6.45) is 3.43. The molecule has 0 aliphatic rings. The quantitative estimate of drug-likeness (QED) is 0.806. The molecule has 0 aromatic carbocycles. The van der Waals surface area contributed by atoms with Crippen LogP contribution in [0.25, 0.3) is 5.78 Å². The summed E-state index contributed by atoms with van der Waals surface area (Å²) >= 11 is 0. The lowest BCUT2D eigenvalue weighted by molar-refractivity contribution is -0.129. The van der Waals surface area contributed by atoms with Crippen LogP contribution in [0.15, 0.2) is 6.33 Å². The summed E-state index contributed by atoms with van der Waals surface area (Å²) < 4.78 is 1.72. The number of aromatic nitrogens is 4. The molecule has 2 heterocycles. The van der Waals surface area contributed by atoms with Crippen LogP contribution < -0.4 is 5.73 Å². The Morgan fingerprint density at radius 1 is 1.36 bits per heavy atom. The fraction of sp³-hybridized carbons (Fsp3) is 0.647. The molecular formula is C17H29ClN6O. The van der Waals surface area contributed by atoms with E-state index in [0.29, 0.717) is 31.1 Å². The van der Waals surface area contributed by atoms with Crippen molar-refractivity contribution in [2.75, 3.05) is 13.6 Å². The first kappa shape index (κ1) is 21.3. The van der Waals surface area contributed by atoms with Crippen LogP contribution in [0.3, 0.4) is 0 Å². The summed E-state index contributed by atoms with van der Waals surface area (Å²) in [7, 11) is 1.84. The van der Waals surface area contributed by atoms with Crippen molar-refractivity contribution < 1.29 is 4.79 Å². The van der Waals surface area contributed by atoms with E-state index in [1.165, 1.54) is 6.33 Å². The molecular weight excluding hydrogens is 340 g/mol. The second-order valence-corrected chi connectivity index (χ2v) is 6.74. The van der Waals surface area contributed by atoms with Crippen molar-refractivity contribution >= 4 is 24.1 Å². The number of aryl methyl sites for hydroxylation is 2. The Kier molecular flexibility index (Phi) is 7.76. The molecule has 0 spiro atoms. The Labute approximate surface area is 155 Å². The summed E-state index contributed by atoms with van der Waals surface area (Å²) in [6.45, 7) is 8.83. The van der Waals surface area contributed by atoms with E-state index >= 15 is 0 Å². The smallest absolute Gasteiger partial charge is 0.252 e. The van der Waals surface area contributed by atoms with E-state index in [0.717, 1.165) is 23.4 Å². The zero-order chi connectivity index (χ0) is 17.9. The monoisotopic (exact) mass is 368 g/mol. The zero-order valence-electron chi connectivity index (χ0n) is 15.7. The van der Waals surface area contributed by atoms with Gasteiger partial charge in [-0.05, 0) is 38.2 Å². The summed E-state index contributed by atoms with van der Waals surface area (Å²) in [5.41, 5.74) is 9.01. The molecule has 2 aromatic rings. The van der Waals surface area contributed by atoms with Gasteiger partial charge in [-0.3, -0.25) is 4.79 Å². The zero-order valence-corrected chi connectivity index (χ0v) is 16.5. The number of nitrogens with zero attached hydrogens (tertiary/aromatic N) is 5. The van der Waals surface area contributed by atoms with Crippen molar-refractivity contribution in [2.24, 2.45) is 11.7 Å².